The summed E-state index contributed by atoms with van der Waals surface area (Å²) in [4.78, 5) is 4.54. The Morgan fingerprint density at radius 3 is 2.33 bits per heavy atom. The largest absolute Gasteiger partial charge is 0.303 e. The maximum Gasteiger partial charge on any atom is 0.127 e. The fraction of sp³-hybridized carbons (Fsp3) is 0.389. The number of nitrogens with one attached hydrogen (secondary N) is 1. The summed E-state index contributed by atoms with van der Waals surface area (Å²) in [6.07, 6.45) is 0. The number of hydrogen-bond donors (Lipinski definition) is 1. The van der Waals surface area contributed by atoms with E-state index >= 15 is 0 Å². The van der Waals surface area contributed by atoms with Gasteiger partial charge in [0, 0.05) is 29.0 Å². The number of halogens is 1. The van der Waals surface area contributed by atoms with Gasteiger partial charge in [0.15, 0.2) is 0 Å². The monoisotopic (exact) mass is 286 g/mol. The van der Waals surface area contributed by atoms with Crippen LogP contribution in [-0.2, 0) is 0 Å². The second-order valence-corrected chi connectivity index (χ2v) is 5.71. The van der Waals surface area contributed by atoms with Crippen LogP contribution in [0.5, 0.6) is 0 Å². The molecule has 1 N–H and O–H groups in total. The van der Waals surface area contributed by atoms with Crippen LogP contribution < -0.4 is 5.32 Å². The highest BCUT2D eigenvalue weighted by atomic mass is 19.1. The van der Waals surface area contributed by atoms with Gasteiger partial charge in [-0.2, -0.15) is 0 Å². The molecule has 2 aromatic rings. The molecule has 1 heterocycles. The van der Waals surface area contributed by atoms with Crippen molar-refractivity contribution in [1.29, 1.82) is 0 Å². The maximum atomic E-state index is 13.9. The zero-order valence-electron chi connectivity index (χ0n) is 13.4. The molecule has 0 bridgehead atoms. The van der Waals surface area contributed by atoms with Crippen molar-refractivity contribution in [3.63, 3.8) is 0 Å². The average molecular weight is 286 g/mol. The van der Waals surface area contributed by atoms with Crippen molar-refractivity contribution < 1.29 is 4.39 Å². The Hall–Kier alpha value is -1.74. The van der Waals surface area contributed by atoms with E-state index in [1.54, 1.807) is 6.07 Å². The van der Waals surface area contributed by atoms with Gasteiger partial charge in [0.25, 0.3) is 0 Å². The molecule has 21 heavy (non-hydrogen) atoms. The number of rotatable bonds is 4. The summed E-state index contributed by atoms with van der Waals surface area (Å²) >= 11 is 0. The minimum absolute atomic E-state index is 0.0543. The van der Waals surface area contributed by atoms with Crippen molar-refractivity contribution >= 4 is 0 Å². The van der Waals surface area contributed by atoms with Crippen molar-refractivity contribution in [2.45, 2.75) is 46.7 Å². The quantitative estimate of drug-likeness (QED) is 0.891. The molecular formula is C18H23FN2. The van der Waals surface area contributed by atoms with E-state index in [2.05, 4.69) is 30.2 Å². The molecule has 2 unspecified atom stereocenters. The maximum absolute atomic E-state index is 13.9. The molecule has 0 radical (unpaired) electrons. The summed E-state index contributed by atoms with van der Waals surface area (Å²) in [5.41, 5.74) is 5.18. The Labute approximate surface area is 126 Å². The lowest BCUT2D eigenvalue weighted by Crippen LogP contribution is -2.24. The highest BCUT2D eigenvalue weighted by Gasteiger charge is 2.17. The van der Waals surface area contributed by atoms with Crippen LogP contribution in [0.2, 0.25) is 0 Å². The Morgan fingerprint density at radius 2 is 1.71 bits per heavy atom. The number of aromatic nitrogens is 1. The first-order valence-corrected chi connectivity index (χ1v) is 7.35. The average Bonchev–Trinajstić information content (AvgIpc) is 2.37. The number of benzene rings is 1. The first-order valence-electron chi connectivity index (χ1n) is 7.35. The Morgan fingerprint density at radius 1 is 1.05 bits per heavy atom. The van der Waals surface area contributed by atoms with Gasteiger partial charge in [0.2, 0.25) is 0 Å². The third-order valence-electron chi connectivity index (χ3n) is 3.89. The van der Waals surface area contributed by atoms with Gasteiger partial charge in [0.1, 0.15) is 5.82 Å². The summed E-state index contributed by atoms with van der Waals surface area (Å²) in [6.45, 7) is 10.2. The van der Waals surface area contributed by atoms with Crippen LogP contribution in [0.3, 0.4) is 0 Å². The molecule has 0 saturated carbocycles. The summed E-state index contributed by atoms with van der Waals surface area (Å²) < 4.78 is 13.9. The van der Waals surface area contributed by atoms with Crippen molar-refractivity contribution in [3.05, 3.63) is 64.2 Å². The van der Waals surface area contributed by atoms with Crippen LogP contribution in [0.25, 0.3) is 0 Å². The highest BCUT2D eigenvalue weighted by Crippen LogP contribution is 2.25. The fourth-order valence-electron chi connectivity index (χ4n) is 3.06. The summed E-state index contributed by atoms with van der Waals surface area (Å²) in [7, 11) is 0. The number of aryl methyl sites for hydroxylation is 3. The lowest BCUT2D eigenvalue weighted by molar-refractivity contribution is 0.470. The second-order valence-electron chi connectivity index (χ2n) is 5.71. The zero-order chi connectivity index (χ0) is 15.6. The smallest absolute Gasteiger partial charge is 0.127 e. The predicted octanol–water partition coefficient (Wildman–Crippen LogP) is 4.56. The molecule has 1 aromatic carbocycles. The third-order valence-corrected chi connectivity index (χ3v) is 3.89. The standard InChI is InChI=1S/C18H23FN2/c1-11-10-12(2)20-14(4)18(11)15(5)21-13(3)16-8-6-7-9-17(16)19/h6-10,13,15,21H,1-5H3. The van der Waals surface area contributed by atoms with Crippen molar-refractivity contribution in [3.8, 4) is 0 Å². The van der Waals surface area contributed by atoms with E-state index in [9.17, 15) is 4.39 Å². The molecule has 0 spiro atoms. The molecule has 2 nitrogen and oxygen atoms in total. The summed E-state index contributed by atoms with van der Waals surface area (Å²) in [5.74, 6) is -0.167. The molecule has 2 atom stereocenters. The van der Waals surface area contributed by atoms with E-state index in [1.165, 1.54) is 17.2 Å². The third kappa shape index (κ3) is 3.48. The van der Waals surface area contributed by atoms with E-state index < -0.39 is 0 Å². The molecule has 112 valence electrons. The van der Waals surface area contributed by atoms with Gasteiger partial charge in [-0.15, -0.1) is 0 Å². The molecule has 0 fully saturated rings. The van der Waals surface area contributed by atoms with Crippen molar-refractivity contribution in [2.75, 3.05) is 0 Å². The normalized spacial score (nSPS) is 14.0. The first kappa shape index (κ1) is 15.6. The summed E-state index contributed by atoms with van der Waals surface area (Å²) in [6, 6.07) is 9.07. The number of pyridine rings is 1. The fourth-order valence-corrected chi connectivity index (χ4v) is 3.06. The second kappa shape index (κ2) is 6.35. The topological polar surface area (TPSA) is 24.9 Å². The van der Waals surface area contributed by atoms with Crippen LogP contribution in [0, 0.1) is 26.6 Å². The lowest BCUT2D eigenvalue weighted by atomic mass is 9.98. The summed E-state index contributed by atoms with van der Waals surface area (Å²) in [5, 5.41) is 3.47. The molecule has 0 amide bonds. The van der Waals surface area contributed by atoms with E-state index in [0.29, 0.717) is 5.56 Å². The van der Waals surface area contributed by atoms with Crippen LogP contribution in [0.1, 0.15) is 54.0 Å². The van der Waals surface area contributed by atoms with Gasteiger partial charge >= 0.3 is 0 Å². The SMILES string of the molecule is Cc1cc(C)c(C(C)NC(C)c2ccccc2F)c(C)n1. The number of nitrogens with zero attached hydrogens (tertiary/aromatic N) is 1. The van der Waals surface area contributed by atoms with Gasteiger partial charge in [0.05, 0.1) is 0 Å². The minimum atomic E-state index is -0.167. The van der Waals surface area contributed by atoms with E-state index in [-0.39, 0.29) is 17.9 Å². The zero-order valence-corrected chi connectivity index (χ0v) is 13.4. The Balaban J connectivity index is 2.22. The molecule has 0 aliphatic heterocycles. The van der Waals surface area contributed by atoms with Crippen LogP contribution >= 0.6 is 0 Å². The van der Waals surface area contributed by atoms with Gasteiger partial charge in [-0.05, 0) is 57.9 Å². The van der Waals surface area contributed by atoms with Gasteiger partial charge in [-0.1, -0.05) is 18.2 Å². The van der Waals surface area contributed by atoms with E-state index in [1.807, 2.05) is 32.9 Å². The van der Waals surface area contributed by atoms with Gasteiger partial charge < -0.3 is 5.32 Å². The molecule has 0 aliphatic carbocycles. The molecule has 0 aliphatic rings. The molecule has 0 saturated heterocycles. The predicted molar refractivity (Wildman–Crippen MR) is 84.8 cm³/mol. The van der Waals surface area contributed by atoms with Crippen molar-refractivity contribution in [2.24, 2.45) is 0 Å². The van der Waals surface area contributed by atoms with Crippen molar-refractivity contribution in [1.82, 2.24) is 10.3 Å². The Kier molecular flexibility index (Phi) is 4.73. The van der Waals surface area contributed by atoms with E-state index in [4.69, 9.17) is 0 Å². The first-order chi connectivity index (χ1) is 9.90. The lowest BCUT2D eigenvalue weighted by Gasteiger charge is -2.24. The van der Waals surface area contributed by atoms with Crippen LogP contribution in [-0.4, -0.2) is 4.98 Å². The Bertz CT molecular complexity index is 614. The molecular weight excluding hydrogens is 263 g/mol. The van der Waals surface area contributed by atoms with Crippen LogP contribution in [0.4, 0.5) is 4.39 Å². The van der Waals surface area contributed by atoms with Gasteiger partial charge in [-0.3, -0.25) is 4.98 Å². The molecule has 1 aromatic heterocycles. The van der Waals surface area contributed by atoms with Gasteiger partial charge in [-0.25, -0.2) is 4.39 Å². The highest BCUT2D eigenvalue weighted by molar-refractivity contribution is 5.34. The molecule has 3 heteroatoms. The molecule has 2 rings (SSSR count). The minimum Gasteiger partial charge on any atom is -0.303 e. The van der Waals surface area contributed by atoms with Crippen LogP contribution in [0.15, 0.2) is 30.3 Å². The number of hydrogen-bond acceptors (Lipinski definition) is 2. The van der Waals surface area contributed by atoms with E-state index in [0.717, 1.165) is 11.4 Å².